The molecule has 1 rings (SSSR count). The van der Waals surface area contributed by atoms with E-state index in [0.29, 0.717) is 36.7 Å². The number of carbonyl (C=O) groups is 2. The van der Waals surface area contributed by atoms with Crippen molar-refractivity contribution in [3.8, 4) is 0 Å². The van der Waals surface area contributed by atoms with Gasteiger partial charge in [0.05, 0.1) is 52.1 Å². The van der Waals surface area contributed by atoms with E-state index in [-0.39, 0.29) is 43.0 Å². The number of likely N-dealkylation sites (N-methyl/N-ethyl adjacent to an activating group) is 1. The average Bonchev–Trinajstić information content (AvgIpc) is 3.39. The third-order valence-corrected chi connectivity index (χ3v) is 10.8. The number of quaternary nitrogens is 1. The van der Waals surface area contributed by atoms with E-state index in [9.17, 15) is 34.4 Å². The van der Waals surface area contributed by atoms with Gasteiger partial charge in [-0.3, -0.25) is 18.6 Å². The lowest BCUT2D eigenvalue weighted by Crippen LogP contribution is -2.45. The maximum absolute atomic E-state index is 12.9. The number of ketones is 1. The van der Waals surface area contributed by atoms with Crippen molar-refractivity contribution in [1.82, 2.24) is 5.32 Å². The van der Waals surface area contributed by atoms with Crippen LogP contribution < -0.4 is 5.32 Å². The van der Waals surface area contributed by atoms with Crippen molar-refractivity contribution in [1.29, 1.82) is 0 Å². The van der Waals surface area contributed by atoms with Gasteiger partial charge in [0.1, 0.15) is 18.9 Å². The van der Waals surface area contributed by atoms with Crippen molar-refractivity contribution in [2.24, 2.45) is 11.8 Å². The molecular weight excluding hydrogens is 719 g/mol. The van der Waals surface area contributed by atoms with E-state index in [2.05, 4.69) is 31.3 Å². The summed E-state index contributed by atoms with van der Waals surface area (Å²) in [7, 11) is 1.39. The summed E-state index contributed by atoms with van der Waals surface area (Å²) in [6.45, 7) is 4.39. The van der Waals surface area contributed by atoms with E-state index in [1.54, 1.807) is 18.2 Å². The van der Waals surface area contributed by atoms with Crippen LogP contribution in [0.15, 0.2) is 48.6 Å². The number of nitrogens with one attached hydrogen (secondary N) is 1. The standard InChI is InChI=1S/C43H77N2O9P/c1-6-8-10-11-12-13-14-15-16-17-18-19-24-28-40(47)39(35-54-55(51,52)53-33-32-45(3,4)5)44-43(50)29-25-21-20-23-27-37-38(42(49)34-41(37)48)31-30-36(46)26-22-9-7-2/h10-11,20,23-24,28,30-31,36-40,42,46-47,49H,6-9,12-19,21-22,25-27,29,32-35H2,1-5H3,(H-,44,50,51,52)/p+1/b11-10-,23-20-,28-24+,31-30+/t36-,37+,38+,39-,40+,42+/m0/s1. The maximum Gasteiger partial charge on any atom is 0.472 e. The van der Waals surface area contributed by atoms with E-state index >= 15 is 0 Å². The van der Waals surface area contributed by atoms with Gasteiger partial charge in [-0.05, 0) is 57.8 Å². The lowest BCUT2D eigenvalue weighted by atomic mass is 9.90. The van der Waals surface area contributed by atoms with Crippen LogP contribution in [0.5, 0.6) is 0 Å². The quantitative estimate of drug-likeness (QED) is 0.0193. The monoisotopic (exact) mass is 798 g/mol. The first-order chi connectivity index (χ1) is 26.2. The van der Waals surface area contributed by atoms with Gasteiger partial charge in [0.25, 0.3) is 0 Å². The Morgan fingerprint density at radius 3 is 2.16 bits per heavy atom. The number of nitrogens with zero attached hydrogens (tertiary/aromatic N) is 1. The molecule has 1 unspecified atom stereocenters. The molecule has 11 nitrogen and oxygen atoms in total. The molecule has 0 bridgehead atoms. The Morgan fingerprint density at radius 2 is 1.49 bits per heavy atom. The highest BCUT2D eigenvalue weighted by molar-refractivity contribution is 7.47. The molecule has 55 heavy (non-hydrogen) atoms. The number of hydrogen-bond acceptors (Lipinski definition) is 8. The molecular formula is C43H78N2O9P+. The summed E-state index contributed by atoms with van der Waals surface area (Å²) in [5.74, 6) is -1.00. The maximum atomic E-state index is 12.9. The first-order valence-electron chi connectivity index (χ1n) is 21.1. The SMILES string of the molecule is CCC/C=C\CCCCCCCC/C=C/[C@@H](O)[C@H](COP(=O)(O)OCC[N+](C)(C)C)NC(=O)CCC/C=C\C[C@H]1C(=O)C[C@@H](O)[C@@H]1/C=C/[C@@H](O)CCCCC. The van der Waals surface area contributed by atoms with Gasteiger partial charge in [-0.1, -0.05) is 114 Å². The fourth-order valence-corrected chi connectivity index (χ4v) is 7.11. The van der Waals surface area contributed by atoms with Gasteiger partial charge in [0.15, 0.2) is 0 Å². The van der Waals surface area contributed by atoms with Gasteiger partial charge in [-0.25, -0.2) is 4.57 Å². The molecule has 0 aromatic heterocycles. The molecule has 0 spiro atoms. The summed E-state index contributed by atoms with van der Waals surface area (Å²) < 4.78 is 23.5. The Bertz CT molecular complexity index is 1200. The van der Waals surface area contributed by atoms with Crippen molar-refractivity contribution in [2.75, 3.05) is 40.9 Å². The normalized spacial score (nSPS) is 21.0. The van der Waals surface area contributed by atoms with Crippen molar-refractivity contribution >= 4 is 19.5 Å². The molecule has 0 aromatic rings. The number of Topliss-reactive ketones (excluding diaryl/α,β-unsaturated/α-hetero) is 1. The van der Waals surface area contributed by atoms with Crippen LogP contribution in [0.1, 0.15) is 136 Å². The number of aliphatic hydroxyl groups is 3. The second kappa shape index (κ2) is 30.2. The Morgan fingerprint density at radius 1 is 0.855 bits per heavy atom. The van der Waals surface area contributed by atoms with Crippen LogP contribution in [-0.2, 0) is 23.2 Å². The highest BCUT2D eigenvalue weighted by Gasteiger charge is 2.39. The van der Waals surface area contributed by atoms with Crippen LogP contribution in [0, 0.1) is 11.8 Å². The van der Waals surface area contributed by atoms with E-state index in [1.165, 1.54) is 32.1 Å². The Balaban J connectivity index is 2.62. The molecule has 1 fully saturated rings. The first kappa shape index (κ1) is 51.1. The molecule has 1 aliphatic rings. The summed E-state index contributed by atoms with van der Waals surface area (Å²) in [5, 5.41) is 34.5. The van der Waals surface area contributed by atoms with Crippen molar-refractivity contribution < 1.29 is 47.9 Å². The van der Waals surface area contributed by atoms with Crippen molar-refractivity contribution in [3.63, 3.8) is 0 Å². The number of aliphatic hydroxyl groups excluding tert-OH is 3. The molecule has 5 N–H and O–H groups in total. The minimum absolute atomic E-state index is 0.00931. The van der Waals surface area contributed by atoms with Gasteiger partial charge in [0.2, 0.25) is 5.91 Å². The van der Waals surface area contributed by atoms with E-state index < -0.39 is 38.8 Å². The average molecular weight is 798 g/mol. The van der Waals surface area contributed by atoms with E-state index in [0.717, 1.165) is 51.4 Å². The fourth-order valence-electron chi connectivity index (χ4n) is 6.37. The zero-order valence-electron chi connectivity index (χ0n) is 34.9. The number of phosphoric acid groups is 1. The van der Waals surface area contributed by atoms with Crippen LogP contribution in [0.2, 0.25) is 0 Å². The lowest BCUT2D eigenvalue weighted by Gasteiger charge is -2.25. The summed E-state index contributed by atoms with van der Waals surface area (Å²) >= 11 is 0. The molecule has 1 aliphatic carbocycles. The van der Waals surface area contributed by atoms with Gasteiger partial charge in [-0.15, -0.1) is 0 Å². The van der Waals surface area contributed by atoms with Gasteiger partial charge >= 0.3 is 7.82 Å². The van der Waals surface area contributed by atoms with Gasteiger partial charge < -0.3 is 30.0 Å². The summed E-state index contributed by atoms with van der Waals surface area (Å²) in [6.07, 6.45) is 29.6. The predicted octanol–water partition coefficient (Wildman–Crippen LogP) is 7.89. The third kappa shape index (κ3) is 26.6. The zero-order valence-corrected chi connectivity index (χ0v) is 35.8. The number of amides is 1. The van der Waals surface area contributed by atoms with E-state index in [4.69, 9.17) is 9.05 Å². The molecule has 0 aromatic carbocycles. The van der Waals surface area contributed by atoms with Crippen LogP contribution in [-0.4, -0.2) is 102 Å². The Hall–Kier alpha value is -1.95. The fraction of sp³-hybridized carbons (Fsp3) is 0.767. The molecule has 1 saturated carbocycles. The zero-order chi connectivity index (χ0) is 41.0. The number of allylic oxidation sites excluding steroid dienone is 5. The molecule has 1 amide bonds. The molecule has 0 radical (unpaired) electrons. The molecule has 12 heteroatoms. The van der Waals surface area contributed by atoms with Gasteiger partial charge in [-0.2, -0.15) is 0 Å². The van der Waals surface area contributed by atoms with Crippen LogP contribution in [0.3, 0.4) is 0 Å². The topological polar surface area (TPSA) is 163 Å². The molecule has 0 heterocycles. The Labute approximate surface area is 333 Å². The minimum atomic E-state index is -4.41. The van der Waals surface area contributed by atoms with Crippen molar-refractivity contribution in [3.05, 3.63) is 48.6 Å². The number of rotatable bonds is 33. The first-order valence-corrected chi connectivity index (χ1v) is 22.6. The van der Waals surface area contributed by atoms with Crippen LogP contribution >= 0.6 is 7.82 Å². The molecule has 0 aliphatic heterocycles. The molecule has 318 valence electrons. The van der Waals surface area contributed by atoms with Crippen LogP contribution in [0.25, 0.3) is 0 Å². The largest absolute Gasteiger partial charge is 0.472 e. The number of carbonyl (C=O) groups excluding carboxylic acids is 2. The Kier molecular flexibility index (Phi) is 28.0. The lowest BCUT2D eigenvalue weighted by molar-refractivity contribution is -0.870. The minimum Gasteiger partial charge on any atom is -0.392 e. The van der Waals surface area contributed by atoms with E-state index in [1.807, 2.05) is 39.4 Å². The molecule has 0 saturated heterocycles. The predicted molar refractivity (Wildman–Crippen MR) is 222 cm³/mol. The summed E-state index contributed by atoms with van der Waals surface area (Å²) in [5.41, 5.74) is 0. The van der Waals surface area contributed by atoms with Crippen LogP contribution in [0.4, 0.5) is 0 Å². The molecule has 7 atom stereocenters. The number of phosphoric ester groups is 1. The summed E-state index contributed by atoms with van der Waals surface area (Å²) in [6, 6.07) is -0.955. The number of hydrogen-bond donors (Lipinski definition) is 5. The third-order valence-electron chi connectivity index (χ3n) is 9.86. The van der Waals surface area contributed by atoms with Gasteiger partial charge in [0, 0.05) is 24.7 Å². The second-order valence-corrected chi connectivity index (χ2v) is 17.6. The smallest absolute Gasteiger partial charge is 0.392 e. The summed E-state index contributed by atoms with van der Waals surface area (Å²) in [4.78, 5) is 35.8. The second-order valence-electron chi connectivity index (χ2n) is 16.1. The highest BCUT2D eigenvalue weighted by Crippen LogP contribution is 2.43. The van der Waals surface area contributed by atoms with Crippen molar-refractivity contribution in [2.45, 2.75) is 160 Å². The highest BCUT2D eigenvalue weighted by atomic mass is 31.2. The number of unbranched alkanes of at least 4 members (excludes halogenated alkanes) is 11.